The summed E-state index contributed by atoms with van der Waals surface area (Å²) < 4.78 is 20.9. The third kappa shape index (κ3) is 34.6. The summed E-state index contributed by atoms with van der Waals surface area (Å²) in [5.41, 5.74) is 0. The van der Waals surface area contributed by atoms with Crippen LogP contribution in [0, 0.1) is 0 Å². The van der Waals surface area contributed by atoms with Crippen molar-refractivity contribution in [2.75, 3.05) is 52.7 Å². The van der Waals surface area contributed by atoms with Crippen LogP contribution in [-0.2, 0) is 42.9 Å². The van der Waals surface area contributed by atoms with Crippen LogP contribution in [0.3, 0.4) is 0 Å². The lowest BCUT2D eigenvalue weighted by molar-refractivity contribution is -0.122. The molecule has 0 aliphatic carbocycles. The van der Waals surface area contributed by atoms with Gasteiger partial charge in [-0.15, -0.1) is 0 Å². The molecule has 0 aromatic rings. The van der Waals surface area contributed by atoms with Crippen LogP contribution in [0.5, 0.6) is 0 Å². The topological polar surface area (TPSA) is 192 Å². The van der Waals surface area contributed by atoms with Crippen LogP contribution in [0.4, 0.5) is 9.59 Å². The Bertz CT molecular complexity index is 606. The maximum absolute atomic E-state index is 11.8. The smallest absolute Gasteiger partial charge is 0.407 e. The largest absolute Gasteiger partial charge is 0.447 e. The molecule has 14 nitrogen and oxygen atoms in total. The van der Waals surface area contributed by atoms with Gasteiger partial charge in [0.1, 0.15) is 45.0 Å². The highest BCUT2D eigenvalue weighted by Gasteiger charge is 2.15. The molecule has 0 aliphatic heterocycles. The van der Waals surface area contributed by atoms with Gasteiger partial charge in [-0.25, -0.2) is 9.59 Å². The molecule has 0 aliphatic rings. The van der Waals surface area contributed by atoms with E-state index in [1.165, 1.54) is 0 Å². The number of ether oxygens (including phenoxy) is 4. The zero-order valence-electron chi connectivity index (χ0n) is 23.1. The van der Waals surface area contributed by atoms with Crippen LogP contribution >= 0.6 is 0 Å². The number of amides is 3. The molecule has 0 saturated carbocycles. The molecule has 3 N–H and O–H groups in total. The predicted octanol–water partition coefficient (Wildman–Crippen LogP) is 1.13. The van der Waals surface area contributed by atoms with Crippen molar-refractivity contribution in [3.05, 3.63) is 0 Å². The highest BCUT2D eigenvalue weighted by molar-refractivity contribution is 5.75. The van der Waals surface area contributed by atoms with Crippen LogP contribution in [0.15, 0.2) is 0 Å². The lowest BCUT2D eigenvalue weighted by atomic mass is 10.3. The fourth-order valence-corrected chi connectivity index (χ4v) is 2.36. The second kappa shape index (κ2) is 34.6. The van der Waals surface area contributed by atoms with Gasteiger partial charge in [0.2, 0.25) is 5.91 Å². The summed E-state index contributed by atoms with van der Waals surface area (Å²) in [5.74, 6) is -0.135. The van der Waals surface area contributed by atoms with Gasteiger partial charge in [0.05, 0.1) is 6.61 Å². The Morgan fingerprint density at radius 2 is 1.23 bits per heavy atom. The van der Waals surface area contributed by atoms with E-state index in [2.05, 4.69) is 16.0 Å². The molecule has 0 aromatic carbocycles. The molecule has 0 spiro atoms. The lowest BCUT2D eigenvalue weighted by Crippen LogP contribution is -2.34. The minimum absolute atomic E-state index is 0.0844. The first-order chi connectivity index (χ1) is 18.9. The van der Waals surface area contributed by atoms with Gasteiger partial charge in [-0.2, -0.15) is 0 Å². The second-order valence-electron chi connectivity index (χ2n) is 7.39. The molecule has 0 heterocycles. The number of carbonyl (C=O) groups is 7. The van der Waals surface area contributed by atoms with Crippen LogP contribution in [0.25, 0.3) is 0 Å². The number of hydrogen-bond acceptors (Lipinski definition) is 11. The van der Waals surface area contributed by atoms with Crippen molar-refractivity contribution in [1.29, 1.82) is 0 Å². The van der Waals surface area contributed by atoms with Crippen LogP contribution in [0.2, 0.25) is 0 Å². The highest BCUT2D eigenvalue weighted by atomic mass is 16.6. The SMILES string of the molecule is C=O.CCNC(=O)OCC(COC(=O)NCC)OCCCC(=O)NCCOCCCC=O.O=CCCCC=O. The van der Waals surface area contributed by atoms with Crippen LogP contribution in [0.1, 0.15) is 58.8 Å². The number of carbonyl (C=O) groups excluding carboxylic acids is 7. The summed E-state index contributed by atoms with van der Waals surface area (Å²) in [5, 5.41) is 7.71. The number of unbranched alkanes of at least 4 members (excludes halogenated alkanes) is 3. The number of alkyl carbamates (subject to hydrolysis) is 2. The van der Waals surface area contributed by atoms with Crippen LogP contribution < -0.4 is 16.0 Å². The van der Waals surface area contributed by atoms with Gasteiger partial charge < -0.3 is 54.1 Å². The van der Waals surface area contributed by atoms with E-state index in [9.17, 15) is 28.8 Å². The van der Waals surface area contributed by atoms with Gasteiger partial charge >= 0.3 is 12.2 Å². The molecular weight excluding hydrogens is 518 g/mol. The van der Waals surface area contributed by atoms with Gasteiger partial charge in [0, 0.05) is 58.5 Å². The summed E-state index contributed by atoms with van der Waals surface area (Å²) in [6.45, 7) is 7.71. The van der Waals surface area contributed by atoms with Crippen molar-refractivity contribution in [1.82, 2.24) is 16.0 Å². The van der Waals surface area contributed by atoms with Gasteiger partial charge in [-0.05, 0) is 33.1 Å². The zero-order valence-corrected chi connectivity index (χ0v) is 23.1. The molecule has 226 valence electrons. The first kappa shape index (κ1) is 40.1. The quantitative estimate of drug-likeness (QED) is 0.126. The van der Waals surface area contributed by atoms with Crippen molar-refractivity contribution >= 4 is 43.7 Å². The number of rotatable bonds is 22. The number of aldehydes is 3. The minimum atomic E-state index is -0.641. The first-order valence-corrected chi connectivity index (χ1v) is 12.8. The normalized spacial score (nSPS) is 9.51. The Kier molecular flexibility index (Phi) is 35.6. The molecule has 0 radical (unpaired) electrons. The number of hydrogen-bond donors (Lipinski definition) is 3. The second-order valence-corrected chi connectivity index (χ2v) is 7.39. The van der Waals surface area contributed by atoms with Gasteiger partial charge in [0.25, 0.3) is 0 Å². The van der Waals surface area contributed by atoms with E-state index in [-0.39, 0.29) is 32.1 Å². The molecular formula is C25H45N3O11. The fourth-order valence-electron chi connectivity index (χ4n) is 2.36. The Labute approximate surface area is 230 Å². The van der Waals surface area contributed by atoms with E-state index < -0.39 is 18.3 Å². The summed E-state index contributed by atoms with van der Waals surface area (Å²) in [4.78, 5) is 71.9. The fraction of sp³-hybridized carbons (Fsp3) is 0.720. The van der Waals surface area contributed by atoms with E-state index in [0.29, 0.717) is 71.4 Å². The standard InChI is InChI=1S/C19H35N3O8.C5H8O2.CH2O/c1-3-20-18(25)29-14-16(15-30-19(26)21-4-2)28-12-7-8-17(24)22-9-13-27-11-6-5-10-23;6-4-2-1-3-5-7;1-2/h10,16H,3-9,11-15H2,1-2H3,(H,20,25)(H,21,26)(H,22,24);4-5H,1-3H2;1H2. The molecule has 0 fully saturated rings. The highest BCUT2D eigenvalue weighted by Crippen LogP contribution is 2.00. The molecule has 0 aromatic heterocycles. The van der Waals surface area contributed by atoms with E-state index in [4.69, 9.17) is 23.7 Å². The molecule has 3 amide bonds. The van der Waals surface area contributed by atoms with Crippen molar-refractivity contribution in [3.63, 3.8) is 0 Å². The molecule has 0 unspecified atom stereocenters. The molecule has 0 atom stereocenters. The summed E-state index contributed by atoms with van der Waals surface area (Å²) >= 11 is 0. The Morgan fingerprint density at radius 3 is 1.72 bits per heavy atom. The molecule has 39 heavy (non-hydrogen) atoms. The summed E-state index contributed by atoms with van der Waals surface area (Å²) in [7, 11) is 0. The molecule has 0 rings (SSSR count). The zero-order chi connectivity index (χ0) is 30.0. The Balaban J connectivity index is -0.00000124. The van der Waals surface area contributed by atoms with Gasteiger partial charge in [-0.3, -0.25) is 4.79 Å². The Morgan fingerprint density at radius 1 is 0.718 bits per heavy atom. The van der Waals surface area contributed by atoms with E-state index in [0.717, 1.165) is 18.9 Å². The average molecular weight is 564 g/mol. The van der Waals surface area contributed by atoms with Crippen molar-refractivity contribution in [2.45, 2.75) is 64.9 Å². The van der Waals surface area contributed by atoms with Crippen LogP contribution in [-0.4, -0.2) is 103 Å². The monoisotopic (exact) mass is 563 g/mol. The van der Waals surface area contributed by atoms with Crippen molar-refractivity contribution in [3.8, 4) is 0 Å². The predicted molar refractivity (Wildman–Crippen MR) is 141 cm³/mol. The maximum atomic E-state index is 11.8. The average Bonchev–Trinajstić information content (AvgIpc) is 2.93. The van der Waals surface area contributed by atoms with Crippen molar-refractivity contribution in [2.24, 2.45) is 0 Å². The Hall–Kier alpha value is -3.39. The summed E-state index contributed by atoms with van der Waals surface area (Å²) in [6, 6.07) is 0. The van der Waals surface area contributed by atoms with E-state index in [1.54, 1.807) is 13.8 Å². The van der Waals surface area contributed by atoms with Gasteiger partial charge in [0.15, 0.2) is 0 Å². The third-order valence-electron chi connectivity index (χ3n) is 4.17. The molecule has 14 heteroatoms. The maximum Gasteiger partial charge on any atom is 0.407 e. The van der Waals surface area contributed by atoms with Gasteiger partial charge in [-0.1, -0.05) is 0 Å². The lowest BCUT2D eigenvalue weighted by Gasteiger charge is -2.18. The minimum Gasteiger partial charge on any atom is -0.447 e. The first-order valence-electron chi connectivity index (χ1n) is 12.8. The van der Waals surface area contributed by atoms with Crippen molar-refractivity contribution < 1.29 is 52.5 Å². The summed E-state index contributed by atoms with van der Waals surface area (Å²) in [6.07, 6.45) is 4.25. The van der Waals surface area contributed by atoms with E-state index in [1.807, 2.05) is 6.79 Å². The van der Waals surface area contributed by atoms with E-state index >= 15 is 0 Å². The number of nitrogens with one attached hydrogen (secondary N) is 3. The third-order valence-corrected chi connectivity index (χ3v) is 4.17. The molecule has 0 saturated heterocycles. The molecule has 0 bridgehead atoms.